The average Bonchev–Trinajstić information content (AvgIpc) is 2.78. The maximum atomic E-state index is 12.0. The maximum absolute atomic E-state index is 12.0. The van der Waals surface area contributed by atoms with E-state index in [9.17, 15) is 19.2 Å². The number of esters is 2. The topological polar surface area (TPSA) is 105 Å². The van der Waals surface area contributed by atoms with Gasteiger partial charge in [0.1, 0.15) is 11.5 Å². The third-order valence-corrected chi connectivity index (χ3v) is 4.37. The zero-order chi connectivity index (χ0) is 23.5. The SMILES string of the molecule is CCOC(=O)C(=O)CC(=O)CCc1ccc(OC)c(Oc2ccc(C(=O)OCC)cc2)c1. The Morgan fingerprint density at radius 2 is 1.53 bits per heavy atom. The lowest BCUT2D eigenvalue weighted by molar-refractivity contribution is -0.154. The molecule has 0 atom stereocenters. The van der Waals surface area contributed by atoms with E-state index in [-0.39, 0.29) is 18.8 Å². The van der Waals surface area contributed by atoms with Gasteiger partial charge in [0.15, 0.2) is 11.5 Å². The number of hydrogen-bond acceptors (Lipinski definition) is 8. The van der Waals surface area contributed by atoms with Crippen molar-refractivity contribution >= 4 is 23.5 Å². The van der Waals surface area contributed by atoms with Gasteiger partial charge in [-0.3, -0.25) is 9.59 Å². The van der Waals surface area contributed by atoms with E-state index in [0.29, 0.717) is 35.8 Å². The van der Waals surface area contributed by atoms with E-state index in [1.165, 1.54) is 7.11 Å². The molecule has 0 aliphatic carbocycles. The van der Waals surface area contributed by atoms with Crippen LogP contribution in [0.15, 0.2) is 42.5 Å². The molecule has 8 nitrogen and oxygen atoms in total. The van der Waals surface area contributed by atoms with Crippen molar-refractivity contribution in [1.29, 1.82) is 0 Å². The molecule has 0 heterocycles. The van der Waals surface area contributed by atoms with Crippen molar-refractivity contribution in [2.75, 3.05) is 20.3 Å². The first-order valence-electron chi connectivity index (χ1n) is 10.2. The highest BCUT2D eigenvalue weighted by molar-refractivity contribution is 6.37. The highest BCUT2D eigenvalue weighted by atomic mass is 16.5. The van der Waals surface area contributed by atoms with E-state index in [1.807, 2.05) is 0 Å². The number of carbonyl (C=O) groups is 4. The fourth-order valence-electron chi connectivity index (χ4n) is 2.79. The lowest BCUT2D eigenvalue weighted by Crippen LogP contribution is -2.20. The number of rotatable bonds is 12. The first-order valence-corrected chi connectivity index (χ1v) is 10.2. The summed E-state index contributed by atoms with van der Waals surface area (Å²) in [7, 11) is 1.51. The van der Waals surface area contributed by atoms with Gasteiger partial charge in [0.05, 0.1) is 32.3 Å². The second kappa shape index (κ2) is 12.2. The van der Waals surface area contributed by atoms with Crippen molar-refractivity contribution in [1.82, 2.24) is 0 Å². The van der Waals surface area contributed by atoms with Crippen molar-refractivity contribution in [3.05, 3.63) is 53.6 Å². The van der Waals surface area contributed by atoms with Crippen molar-refractivity contribution in [2.45, 2.75) is 33.1 Å². The first kappa shape index (κ1) is 24.6. The van der Waals surface area contributed by atoms with E-state index >= 15 is 0 Å². The van der Waals surface area contributed by atoms with Crippen LogP contribution in [0, 0.1) is 0 Å². The molecule has 0 fully saturated rings. The number of benzene rings is 2. The second-order valence-electron chi connectivity index (χ2n) is 6.69. The Morgan fingerprint density at radius 3 is 2.16 bits per heavy atom. The average molecular weight is 442 g/mol. The fourth-order valence-corrected chi connectivity index (χ4v) is 2.79. The largest absolute Gasteiger partial charge is 0.493 e. The molecular formula is C24H26O8. The smallest absolute Gasteiger partial charge is 0.375 e. The molecule has 8 heteroatoms. The molecule has 0 aliphatic heterocycles. The van der Waals surface area contributed by atoms with Gasteiger partial charge in [-0.1, -0.05) is 6.07 Å². The third kappa shape index (κ3) is 7.23. The van der Waals surface area contributed by atoms with Gasteiger partial charge in [0.25, 0.3) is 0 Å². The summed E-state index contributed by atoms with van der Waals surface area (Å²) >= 11 is 0. The number of aryl methyl sites for hydroxylation is 1. The molecule has 0 spiro atoms. The maximum Gasteiger partial charge on any atom is 0.375 e. The lowest BCUT2D eigenvalue weighted by atomic mass is 10.0. The second-order valence-corrected chi connectivity index (χ2v) is 6.69. The predicted octanol–water partition coefficient (Wildman–Crippen LogP) is 3.69. The summed E-state index contributed by atoms with van der Waals surface area (Å²) in [5, 5.41) is 0. The van der Waals surface area contributed by atoms with Crippen molar-refractivity contribution in [2.24, 2.45) is 0 Å². The number of methoxy groups -OCH3 is 1. The fraction of sp³-hybridized carbons (Fsp3) is 0.333. The summed E-state index contributed by atoms with van der Waals surface area (Å²) < 4.78 is 20.8. The molecule has 0 N–H and O–H groups in total. The molecule has 0 unspecified atom stereocenters. The molecule has 0 aliphatic rings. The molecule has 0 radical (unpaired) electrons. The Morgan fingerprint density at radius 1 is 0.844 bits per heavy atom. The Balaban J connectivity index is 2.02. The van der Waals surface area contributed by atoms with E-state index in [4.69, 9.17) is 14.2 Å². The Kier molecular flexibility index (Phi) is 9.41. The van der Waals surface area contributed by atoms with E-state index in [1.54, 1.807) is 56.3 Å². The number of carbonyl (C=O) groups excluding carboxylic acids is 4. The van der Waals surface area contributed by atoms with Gasteiger partial charge in [-0.15, -0.1) is 0 Å². The Bertz CT molecular complexity index is 962. The van der Waals surface area contributed by atoms with Crippen LogP contribution in [0.1, 0.15) is 42.6 Å². The van der Waals surface area contributed by atoms with Crippen LogP contribution in [-0.2, 0) is 30.3 Å². The number of Topliss-reactive ketones (excluding diaryl/α,β-unsaturated/α-hetero) is 2. The molecule has 0 saturated heterocycles. The minimum atomic E-state index is -0.991. The lowest BCUT2D eigenvalue weighted by Gasteiger charge is -2.12. The van der Waals surface area contributed by atoms with Crippen LogP contribution in [0.5, 0.6) is 17.2 Å². The van der Waals surface area contributed by atoms with Crippen LogP contribution in [0.3, 0.4) is 0 Å². The van der Waals surface area contributed by atoms with Gasteiger partial charge in [0.2, 0.25) is 5.78 Å². The predicted molar refractivity (Wildman–Crippen MR) is 115 cm³/mol. The van der Waals surface area contributed by atoms with E-state index < -0.39 is 24.1 Å². The third-order valence-electron chi connectivity index (χ3n) is 4.37. The van der Waals surface area contributed by atoms with Crippen LogP contribution in [0.4, 0.5) is 0 Å². The summed E-state index contributed by atoms with van der Waals surface area (Å²) in [6.07, 6.45) is -0.0343. The van der Waals surface area contributed by atoms with Crippen LogP contribution in [-0.4, -0.2) is 43.8 Å². The van der Waals surface area contributed by atoms with Crippen molar-refractivity contribution in [3.8, 4) is 17.2 Å². The van der Waals surface area contributed by atoms with Gasteiger partial charge in [-0.25, -0.2) is 9.59 Å². The Labute approximate surface area is 186 Å². The minimum Gasteiger partial charge on any atom is -0.493 e. The van der Waals surface area contributed by atoms with Gasteiger partial charge in [-0.2, -0.15) is 0 Å². The molecule has 2 aromatic carbocycles. The summed E-state index contributed by atoms with van der Waals surface area (Å²) in [6, 6.07) is 11.7. The summed E-state index contributed by atoms with van der Waals surface area (Å²) in [6.45, 7) is 3.70. The molecule has 0 saturated carbocycles. The van der Waals surface area contributed by atoms with Gasteiger partial charge < -0.3 is 18.9 Å². The highest BCUT2D eigenvalue weighted by Crippen LogP contribution is 2.33. The van der Waals surface area contributed by atoms with Crippen LogP contribution in [0.25, 0.3) is 0 Å². The summed E-state index contributed by atoms with van der Waals surface area (Å²) in [5.74, 6) is -1.18. The highest BCUT2D eigenvalue weighted by Gasteiger charge is 2.19. The standard InChI is InChI=1S/C24H26O8/c1-4-30-23(27)17-8-11-19(12-9-17)32-22-14-16(7-13-21(22)29-3)6-10-18(25)15-20(26)24(28)31-5-2/h7-9,11-14H,4-6,10,15H2,1-3H3. The van der Waals surface area contributed by atoms with Gasteiger partial charge >= 0.3 is 11.9 Å². The molecule has 170 valence electrons. The van der Waals surface area contributed by atoms with Crippen LogP contribution < -0.4 is 9.47 Å². The molecule has 2 aromatic rings. The van der Waals surface area contributed by atoms with E-state index in [2.05, 4.69) is 4.74 Å². The molecular weight excluding hydrogens is 416 g/mol. The van der Waals surface area contributed by atoms with Crippen molar-refractivity contribution in [3.63, 3.8) is 0 Å². The summed E-state index contributed by atoms with van der Waals surface area (Å²) in [5.41, 5.74) is 1.21. The normalized spacial score (nSPS) is 10.2. The molecule has 2 rings (SSSR count). The van der Waals surface area contributed by atoms with Crippen LogP contribution >= 0.6 is 0 Å². The van der Waals surface area contributed by atoms with E-state index in [0.717, 1.165) is 5.56 Å². The Hall–Kier alpha value is -3.68. The van der Waals surface area contributed by atoms with Crippen molar-refractivity contribution < 1.29 is 38.1 Å². The van der Waals surface area contributed by atoms with Crippen LogP contribution in [0.2, 0.25) is 0 Å². The molecule has 0 aromatic heterocycles. The van der Waals surface area contributed by atoms with Gasteiger partial charge in [0, 0.05) is 6.42 Å². The molecule has 0 bridgehead atoms. The number of ketones is 2. The summed E-state index contributed by atoms with van der Waals surface area (Å²) in [4.78, 5) is 46.8. The molecule has 0 amide bonds. The number of ether oxygens (including phenoxy) is 4. The zero-order valence-corrected chi connectivity index (χ0v) is 18.3. The van der Waals surface area contributed by atoms with Gasteiger partial charge in [-0.05, 0) is 62.2 Å². The quantitative estimate of drug-likeness (QED) is 0.278. The number of hydrogen-bond donors (Lipinski definition) is 0. The first-order chi connectivity index (χ1) is 15.4. The monoisotopic (exact) mass is 442 g/mol. The minimum absolute atomic E-state index is 0.0823. The molecule has 32 heavy (non-hydrogen) atoms. The zero-order valence-electron chi connectivity index (χ0n) is 18.3.